The zero-order valence-corrected chi connectivity index (χ0v) is 12.0. The summed E-state index contributed by atoms with van der Waals surface area (Å²) in [5, 5.41) is 8.72. The molecule has 0 spiro atoms. The lowest BCUT2D eigenvalue weighted by atomic mass is 10.2. The van der Waals surface area contributed by atoms with Crippen molar-refractivity contribution in [3.63, 3.8) is 0 Å². The van der Waals surface area contributed by atoms with Crippen LogP contribution in [0.5, 0.6) is 5.75 Å². The molecule has 0 aliphatic rings. The molecule has 0 aliphatic carbocycles. The smallest absolute Gasteiger partial charge is 0.491 e. The minimum Gasteiger partial charge on any atom is -0.491 e. The first-order chi connectivity index (χ1) is 8.85. The van der Waals surface area contributed by atoms with Gasteiger partial charge in [0.15, 0.2) is 11.4 Å². The molecule has 0 saturated carbocycles. The normalized spacial score (nSPS) is 13.5. The van der Waals surface area contributed by atoms with Gasteiger partial charge in [0.05, 0.1) is 21.3 Å². The lowest BCUT2D eigenvalue weighted by Crippen LogP contribution is -2.44. The predicted molar refractivity (Wildman–Crippen MR) is 73.5 cm³/mol. The van der Waals surface area contributed by atoms with Gasteiger partial charge < -0.3 is 14.6 Å². The quantitative estimate of drug-likeness (QED) is 0.512. The fraction of sp³-hybridized carbons (Fsp3) is 0.333. The molecule has 1 amide bonds. The van der Waals surface area contributed by atoms with Crippen LogP contribution in [0.15, 0.2) is 18.2 Å². The van der Waals surface area contributed by atoms with Gasteiger partial charge in [-0.1, -0.05) is 6.07 Å². The van der Waals surface area contributed by atoms with Crippen LogP contribution in [0.1, 0.15) is 5.56 Å². The fourth-order valence-corrected chi connectivity index (χ4v) is 2.21. The average Bonchev–Trinajstić information content (AvgIpc) is 2.37. The molecule has 1 rings (SSSR count). The number of aryl methyl sites for hydroxylation is 1. The van der Waals surface area contributed by atoms with Crippen LogP contribution in [0, 0.1) is 6.92 Å². The maximum Gasteiger partial charge on any atom is 0.531 e. The first-order valence-corrected chi connectivity index (χ1v) is 6.15. The minimum absolute atomic E-state index is 0.357. The molecule has 1 N–H and O–H groups in total. The van der Waals surface area contributed by atoms with Gasteiger partial charge in [-0.2, -0.15) is 4.79 Å². The summed E-state index contributed by atoms with van der Waals surface area (Å²) >= 11 is 0.540. The topological polar surface area (TPSA) is 72.8 Å². The zero-order chi connectivity index (χ0) is 14.6. The van der Waals surface area contributed by atoms with Gasteiger partial charge in [-0.15, -0.1) is 3.89 Å². The zero-order valence-electron chi connectivity index (χ0n) is 11.2. The molecule has 7 heteroatoms. The van der Waals surface area contributed by atoms with Crippen molar-refractivity contribution in [2.24, 2.45) is 0 Å². The van der Waals surface area contributed by atoms with Crippen LogP contribution in [0.3, 0.4) is 0 Å². The lowest BCUT2D eigenvalue weighted by Gasteiger charge is -2.24. The van der Waals surface area contributed by atoms with Crippen molar-refractivity contribution < 1.29 is 24.2 Å². The van der Waals surface area contributed by atoms with Crippen molar-refractivity contribution in [2.45, 2.75) is 6.92 Å². The Morgan fingerprint density at radius 2 is 1.95 bits per heavy atom. The Morgan fingerprint density at radius 3 is 2.42 bits per heavy atom. The van der Waals surface area contributed by atoms with Crippen LogP contribution in [0.2, 0.25) is 0 Å². The van der Waals surface area contributed by atoms with E-state index in [4.69, 9.17) is 4.74 Å². The van der Waals surface area contributed by atoms with Crippen molar-refractivity contribution in [3.8, 4) is 5.75 Å². The van der Waals surface area contributed by atoms with E-state index in [-0.39, 0.29) is 0 Å². The highest BCUT2D eigenvalue weighted by Crippen LogP contribution is 2.39. The van der Waals surface area contributed by atoms with Gasteiger partial charge >= 0.3 is 11.4 Å². The van der Waals surface area contributed by atoms with Crippen LogP contribution in [-0.2, 0) is 4.74 Å². The predicted octanol–water partition coefficient (Wildman–Crippen LogP) is 3.03. The van der Waals surface area contributed by atoms with Crippen LogP contribution >= 0.6 is 11.9 Å². The van der Waals surface area contributed by atoms with Gasteiger partial charge in [0.25, 0.3) is 0 Å². The van der Waals surface area contributed by atoms with E-state index in [0.29, 0.717) is 23.4 Å². The molecule has 0 heterocycles. The van der Waals surface area contributed by atoms with E-state index < -0.39 is 15.3 Å². The Bertz CT molecular complexity index is 505. The second kappa shape index (κ2) is 5.94. The van der Waals surface area contributed by atoms with Crippen LogP contribution in [-0.4, -0.2) is 37.8 Å². The Hall–Kier alpha value is -1.73. The molecule has 0 bridgehead atoms. The van der Waals surface area contributed by atoms with Crippen molar-refractivity contribution in [3.05, 3.63) is 23.8 Å². The minimum atomic E-state index is -1.20. The maximum atomic E-state index is 11.5. The number of hydrogen-bond donors (Lipinski definition) is 1. The monoisotopic (exact) mass is 286 g/mol. The number of benzene rings is 1. The van der Waals surface area contributed by atoms with Crippen molar-refractivity contribution >= 4 is 29.0 Å². The number of nitrogens with zero attached hydrogens (tertiary/aromatic N) is 1. The number of quaternary nitrogens is 1. The van der Waals surface area contributed by atoms with Gasteiger partial charge in [0.1, 0.15) is 0 Å². The van der Waals surface area contributed by atoms with Crippen molar-refractivity contribution in [1.82, 2.24) is 3.89 Å². The summed E-state index contributed by atoms with van der Waals surface area (Å²) in [6, 6.07) is 5.10. The summed E-state index contributed by atoms with van der Waals surface area (Å²) in [7, 11) is 4.04. The number of carboxylic acid groups (broad SMARTS) is 1. The summed E-state index contributed by atoms with van der Waals surface area (Å²) in [5.41, 5.74) is 1.29. The molecular weight excluding hydrogens is 270 g/mol. The van der Waals surface area contributed by atoms with Crippen LogP contribution in [0.4, 0.5) is 15.3 Å². The van der Waals surface area contributed by atoms with Gasteiger partial charge in [0, 0.05) is 6.07 Å². The number of amides is 1. The number of ether oxygens (including phenoxy) is 2. The molecule has 19 heavy (non-hydrogen) atoms. The molecule has 6 nitrogen and oxygen atoms in total. The third-order valence-corrected chi connectivity index (χ3v) is 3.62. The molecule has 1 unspecified atom stereocenters. The van der Waals surface area contributed by atoms with Gasteiger partial charge in [0.2, 0.25) is 11.9 Å². The Morgan fingerprint density at radius 1 is 1.32 bits per heavy atom. The standard InChI is InChI=1S/C12H15NO5S/c1-8-5-6-9(10(7-8)17-3)13(2,11(14)15)19-12(16)18-4/h5-7H,1-4H3/p+1. The largest absolute Gasteiger partial charge is 0.531 e. The molecule has 0 radical (unpaired) electrons. The Balaban J connectivity index is 3.33. The van der Waals surface area contributed by atoms with Crippen LogP contribution in [0.25, 0.3) is 0 Å². The molecule has 0 aromatic heterocycles. The highest BCUT2D eigenvalue weighted by molar-refractivity contribution is 8.13. The van der Waals surface area contributed by atoms with Gasteiger partial charge in [-0.3, -0.25) is 0 Å². The van der Waals surface area contributed by atoms with Crippen LogP contribution < -0.4 is 8.63 Å². The average molecular weight is 286 g/mol. The van der Waals surface area contributed by atoms with E-state index in [9.17, 15) is 14.7 Å². The first kappa shape index (κ1) is 15.3. The maximum absolute atomic E-state index is 11.5. The molecule has 1 atom stereocenters. The molecule has 0 saturated heterocycles. The van der Waals surface area contributed by atoms with E-state index in [1.807, 2.05) is 6.92 Å². The third kappa shape index (κ3) is 3.18. The van der Waals surface area contributed by atoms with Gasteiger partial charge in [-0.05, 0) is 18.6 Å². The second-order valence-electron chi connectivity index (χ2n) is 3.93. The molecule has 1 aromatic carbocycles. The van der Waals surface area contributed by atoms with Gasteiger partial charge in [-0.25, -0.2) is 4.79 Å². The molecule has 0 fully saturated rings. The Kier molecular flexibility index (Phi) is 4.79. The second-order valence-corrected chi connectivity index (χ2v) is 5.17. The van der Waals surface area contributed by atoms with Crippen molar-refractivity contribution in [2.75, 3.05) is 21.3 Å². The number of methoxy groups -OCH3 is 2. The molecule has 104 valence electrons. The lowest BCUT2D eigenvalue weighted by molar-refractivity contribution is 0.178. The molecule has 0 aliphatic heterocycles. The number of rotatable bonds is 2. The number of carbonyl (C=O) groups is 2. The summed E-state index contributed by atoms with van der Waals surface area (Å²) in [6.45, 7) is 1.87. The number of hydrogen-bond acceptors (Lipinski definition) is 5. The third-order valence-electron chi connectivity index (χ3n) is 2.58. The Labute approximate surface area is 115 Å². The SMILES string of the molecule is COC(=O)S[N+](C)(C(=O)O)c1ccc(C)cc1OC. The molecule has 1 aromatic rings. The molecular formula is C12H16NO5S+. The first-order valence-electron chi connectivity index (χ1n) is 5.38. The van der Waals surface area contributed by atoms with E-state index in [1.165, 1.54) is 21.3 Å². The van der Waals surface area contributed by atoms with E-state index in [1.54, 1.807) is 18.2 Å². The van der Waals surface area contributed by atoms with E-state index in [2.05, 4.69) is 4.74 Å². The highest BCUT2D eigenvalue weighted by atomic mass is 32.2. The van der Waals surface area contributed by atoms with Crippen molar-refractivity contribution in [1.29, 1.82) is 0 Å². The number of carbonyl (C=O) groups excluding carboxylic acids is 1. The summed E-state index contributed by atoms with van der Waals surface area (Å²) in [4.78, 5) is 22.9. The fourth-order valence-electron chi connectivity index (χ4n) is 1.51. The summed E-state index contributed by atoms with van der Waals surface area (Å²) in [6.07, 6.45) is -1.20. The van der Waals surface area contributed by atoms with E-state index in [0.717, 1.165) is 5.56 Å². The summed E-state index contributed by atoms with van der Waals surface area (Å²) < 4.78 is 9.00. The highest BCUT2D eigenvalue weighted by Gasteiger charge is 2.43. The van der Waals surface area contributed by atoms with E-state index >= 15 is 0 Å². The summed E-state index contributed by atoms with van der Waals surface area (Å²) in [5.74, 6) is 0.404.